The zero-order valence-electron chi connectivity index (χ0n) is 8.45. The van der Waals surface area contributed by atoms with E-state index < -0.39 is 0 Å². The normalized spacial score (nSPS) is 10.2. The Balaban J connectivity index is 2.48. The predicted molar refractivity (Wildman–Crippen MR) is 63.6 cm³/mol. The van der Waals surface area contributed by atoms with Crippen LogP contribution in [0, 0.1) is 0 Å². The molecule has 0 fully saturated rings. The van der Waals surface area contributed by atoms with Crippen LogP contribution in [0.5, 0.6) is 5.75 Å². The van der Waals surface area contributed by atoms with Crippen molar-refractivity contribution in [3.63, 3.8) is 0 Å². The summed E-state index contributed by atoms with van der Waals surface area (Å²) in [6.45, 7) is 2.74. The van der Waals surface area contributed by atoms with E-state index in [4.69, 9.17) is 12.2 Å². The van der Waals surface area contributed by atoms with Crippen molar-refractivity contribution in [1.82, 2.24) is 10.7 Å². The van der Waals surface area contributed by atoms with Gasteiger partial charge < -0.3 is 10.4 Å². The molecule has 0 heterocycles. The van der Waals surface area contributed by atoms with Gasteiger partial charge in [0.15, 0.2) is 6.21 Å². The van der Waals surface area contributed by atoms with Gasteiger partial charge in [-0.25, -0.2) is 0 Å². The Morgan fingerprint density at radius 1 is 1.60 bits per heavy atom. The summed E-state index contributed by atoms with van der Waals surface area (Å²) in [5.74, 6) is 0.236. The first-order valence-corrected chi connectivity index (χ1v) is 5.05. The molecule has 0 amide bonds. The number of hydrazine groups is 1. The molecule has 4 N–H and O–H groups in total. The summed E-state index contributed by atoms with van der Waals surface area (Å²) in [7, 11) is 0. The quantitative estimate of drug-likeness (QED) is 0.311. The summed E-state index contributed by atoms with van der Waals surface area (Å²) in [4.78, 5) is 0. The monoisotopic (exact) mass is 224 g/mol. The van der Waals surface area contributed by atoms with Crippen LogP contribution in [0.4, 0.5) is 0 Å². The molecular weight excluding hydrogens is 210 g/mol. The van der Waals surface area contributed by atoms with Gasteiger partial charge in [-0.05, 0) is 37.3 Å². The van der Waals surface area contributed by atoms with E-state index in [2.05, 4.69) is 15.8 Å². The lowest BCUT2D eigenvalue weighted by Gasteiger charge is -1.98. The SMILES string of the molecule is CCNC(=S)N[NH+]=Cc1cccc(O)c1. The van der Waals surface area contributed by atoms with Crippen LogP contribution >= 0.6 is 12.2 Å². The van der Waals surface area contributed by atoms with Gasteiger partial charge in [-0.1, -0.05) is 6.07 Å². The molecule has 1 rings (SSSR count). The molecule has 80 valence electrons. The molecule has 0 aliphatic carbocycles. The fourth-order valence-electron chi connectivity index (χ4n) is 1.00. The minimum atomic E-state index is 0.236. The smallest absolute Gasteiger partial charge is 0.223 e. The Morgan fingerprint density at radius 2 is 2.40 bits per heavy atom. The van der Waals surface area contributed by atoms with E-state index in [1.807, 2.05) is 13.0 Å². The highest BCUT2D eigenvalue weighted by Crippen LogP contribution is 2.07. The Morgan fingerprint density at radius 3 is 3.07 bits per heavy atom. The van der Waals surface area contributed by atoms with E-state index in [0.717, 1.165) is 12.1 Å². The molecule has 0 spiro atoms. The van der Waals surface area contributed by atoms with E-state index >= 15 is 0 Å². The van der Waals surface area contributed by atoms with Crippen molar-refractivity contribution in [2.24, 2.45) is 0 Å². The first-order chi connectivity index (χ1) is 7.22. The zero-order chi connectivity index (χ0) is 11.1. The second-order valence-corrected chi connectivity index (χ2v) is 3.28. The molecule has 1 aromatic carbocycles. The van der Waals surface area contributed by atoms with Gasteiger partial charge in [0.2, 0.25) is 5.11 Å². The molecule has 5 heteroatoms. The van der Waals surface area contributed by atoms with E-state index in [1.54, 1.807) is 24.4 Å². The molecule has 0 unspecified atom stereocenters. The van der Waals surface area contributed by atoms with Gasteiger partial charge in [0.05, 0.1) is 0 Å². The van der Waals surface area contributed by atoms with Crippen LogP contribution < -0.4 is 15.8 Å². The number of hydrogen-bond acceptors (Lipinski definition) is 2. The number of benzene rings is 1. The van der Waals surface area contributed by atoms with Crippen LogP contribution in [0.25, 0.3) is 0 Å². The molecular formula is C10H14N3OS+. The van der Waals surface area contributed by atoms with Crippen LogP contribution in [0.3, 0.4) is 0 Å². The standard InChI is InChI=1S/C10H13N3OS/c1-2-11-10(15)13-12-7-8-4-3-5-9(14)6-8/h3-7,14H,2H2,1H3,(H2,11,13,15)/p+1. The number of nitrogens with one attached hydrogen (secondary N) is 3. The van der Waals surface area contributed by atoms with Crippen LogP contribution in [0.15, 0.2) is 24.3 Å². The third kappa shape index (κ3) is 4.42. The van der Waals surface area contributed by atoms with Gasteiger partial charge in [0.1, 0.15) is 5.75 Å². The number of hydrazone groups is 1. The van der Waals surface area contributed by atoms with Crippen molar-refractivity contribution in [2.45, 2.75) is 6.92 Å². The molecule has 0 saturated heterocycles. The molecule has 0 aliphatic rings. The van der Waals surface area contributed by atoms with E-state index in [-0.39, 0.29) is 5.75 Å². The first kappa shape index (κ1) is 11.5. The summed E-state index contributed by atoms with van der Waals surface area (Å²) in [5.41, 5.74) is 3.65. The largest absolute Gasteiger partial charge is 0.508 e. The van der Waals surface area contributed by atoms with Crippen molar-refractivity contribution < 1.29 is 10.2 Å². The van der Waals surface area contributed by atoms with Crippen LogP contribution in [0.2, 0.25) is 0 Å². The minimum absolute atomic E-state index is 0.236. The minimum Gasteiger partial charge on any atom is -0.508 e. The molecule has 4 nitrogen and oxygen atoms in total. The predicted octanol–water partition coefficient (Wildman–Crippen LogP) is -0.709. The summed E-state index contributed by atoms with van der Waals surface area (Å²) in [6, 6.07) is 6.90. The highest BCUT2D eigenvalue weighted by Gasteiger charge is 1.95. The van der Waals surface area contributed by atoms with Crippen molar-refractivity contribution in [3.05, 3.63) is 29.8 Å². The highest BCUT2D eigenvalue weighted by atomic mass is 32.1. The van der Waals surface area contributed by atoms with Crippen LogP contribution in [-0.4, -0.2) is 23.0 Å². The maximum atomic E-state index is 9.20. The molecule has 1 aromatic rings. The summed E-state index contributed by atoms with van der Waals surface area (Å²) < 4.78 is 0. The Labute approximate surface area is 94.0 Å². The zero-order valence-corrected chi connectivity index (χ0v) is 9.27. The van der Waals surface area contributed by atoms with Crippen LogP contribution in [-0.2, 0) is 0 Å². The van der Waals surface area contributed by atoms with Crippen molar-refractivity contribution in [1.29, 1.82) is 0 Å². The van der Waals surface area contributed by atoms with E-state index in [1.165, 1.54) is 0 Å². The van der Waals surface area contributed by atoms with Gasteiger partial charge in [-0.3, -0.25) is 0 Å². The number of hydrogen-bond donors (Lipinski definition) is 4. The lowest BCUT2D eigenvalue weighted by Crippen LogP contribution is -2.82. The van der Waals surface area contributed by atoms with Crippen molar-refractivity contribution in [2.75, 3.05) is 6.54 Å². The maximum Gasteiger partial charge on any atom is 0.223 e. The Bertz CT molecular complexity index is 365. The molecule has 15 heavy (non-hydrogen) atoms. The number of phenolic OH excluding ortho intramolecular Hbond substituents is 1. The highest BCUT2D eigenvalue weighted by molar-refractivity contribution is 7.80. The number of aromatic hydroxyl groups is 1. The lowest BCUT2D eigenvalue weighted by molar-refractivity contribution is -0.500. The second kappa shape index (κ2) is 5.98. The average molecular weight is 224 g/mol. The summed E-state index contributed by atoms with van der Waals surface area (Å²) in [5, 5.41) is 15.5. The molecule has 0 saturated carbocycles. The Hall–Kier alpha value is -1.62. The van der Waals surface area contributed by atoms with Gasteiger partial charge in [-0.15, -0.1) is 10.5 Å². The summed E-state index contributed by atoms with van der Waals surface area (Å²) >= 11 is 4.94. The third-order valence-corrected chi connectivity index (χ3v) is 1.88. The second-order valence-electron chi connectivity index (χ2n) is 2.87. The van der Waals surface area contributed by atoms with Crippen molar-refractivity contribution >= 4 is 23.5 Å². The average Bonchev–Trinajstić information content (AvgIpc) is 2.18. The number of rotatable bonds is 3. The molecule has 0 bridgehead atoms. The molecule has 0 radical (unpaired) electrons. The maximum absolute atomic E-state index is 9.20. The lowest BCUT2D eigenvalue weighted by atomic mass is 10.2. The third-order valence-electron chi connectivity index (χ3n) is 1.63. The molecule has 0 aromatic heterocycles. The van der Waals surface area contributed by atoms with Crippen LogP contribution in [0.1, 0.15) is 12.5 Å². The summed E-state index contributed by atoms with van der Waals surface area (Å²) in [6.07, 6.45) is 1.71. The van der Waals surface area contributed by atoms with Gasteiger partial charge in [0.25, 0.3) is 0 Å². The first-order valence-electron chi connectivity index (χ1n) is 4.64. The van der Waals surface area contributed by atoms with E-state index in [9.17, 15) is 5.11 Å². The fourth-order valence-corrected chi connectivity index (χ4v) is 1.21. The van der Waals surface area contributed by atoms with Gasteiger partial charge >= 0.3 is 0 Å². The Kier molecular flexibility index (Phi) is 4.56. The van der Waals surface area contributed by atoms with Crippen molar-refractivity contribution in [3.8, 4) is 5.75 Å². The van der Waals surface area contributed by atoms with E-state index in [0.29, 0.717) is 5.11 Å². The number of thiocarbonyl (C=S) groups is 1. The number of phenols is 1. The molecule has 0 atom stereocenters. The topological polar surface area (TPSA) is 58.3 Å². The fraction of sp³-hybridized carbons (Fsp3) is 0.200. The van der Waals surface area contributed by atoms with Gasteiger partial charge in [0, 0.05) is 12.1 Å². The van der Waals surface area contributed by atoms with Gasteiger partial charge in [-0.2, -0.15) is 0 Å². The molecule has 0 aliphatic heterocycles.